The Labute approximate surface area is 127 Å². The molecule has 0 aliphatic heterocycles. The lowest BCUT2D eigenvalue weighted by atomic mass is 10.2. The van der Waals surface area contributed by atoms with Gasteiger partial charge in [0, 0.05) is 13.6 Å². The average Bonchev–Trinajstić information content (AvgIpc) is 2.83. The van der Waals surface area contributed by atoms with E-state index in [1.165, 1.54) is 34.8 Å². The monoisotopic (exact) mass is 329 g/mol. The normalized spacial score (nSPS) is 12.0. The molecule has 0 unspecified atom stereocenters. The van der Waals surface area contributed by atoms with Gasteiger partial charge >= 0.3 is 0 Å². The molecular formula is C14H16FNO3S2. The molecule has 0 aliphatic carbocycles. The van der Waals surface area contributed by atoms with Crippen LogP contribution in [-0.2, 0) is 23.2 Å². The van der Waals surface area contributed by atoms with Gasteiger partial charge in [-0.15, -0.1) is 11.3 Å². The van der Waals surface area contributed by atoms with E-state index in [9.17, 15) is 17.9 Å². The third-order valence-electron chi connectivity index (χ3n) is 3.12. The van der Waals surface area contributed by atoms with E-state index in [1.54, 1.807) is 24.4 Å². The summed E-state index contributed by atoms with van der Waals surface area (Å²) >= 11 is 1.22. The summed E-state index contributed by atoms with van der Waals surface area (Å²) in [5, 5.41) is 11.0. The lowest BCUT2D eigenvalue weighted by Gasteiger charge is -2.18. The highest BCUT2D eigenvalue weighted by Crippen LogP contribution is 2.29. The fourth-order valence-corrected chi connectivity index (χ4v) is 4.79. The molecule has 0 spiro atoms. The number of aliphatic hydroxyl groups excluding tert-OH is 1. The van der Waals surface area contributed by atoms with Crippen LogP contribution in [0.1, 0.15) is 16.0 Å². The number of nitrogens with zero attached hydrogens (tertiary/aromatic N) is 1. The van der Waals surface area contributed by atoms with Gasteiger partial charge in [-0.25, -0.2) is 12.8 Å². The highest BCUT2D eigenvalue weighted by molar-refractivity contribution is 7.89. The molecule has 7 heteroatoms. The van der Waals surface area contributed by atoms with Crippen LogP contribution in [-0.4, -0.2) is 24.9 Å². The van der Waals surface area contributed by atoms with Crippen LogP contribution < -0.4 is 0 Å². The van der Waals surface area contributed by atoms with E-state index in [4.69, 9.17) is 0 Å². The second-order valence-corrected chi connectivity index (χ2v) is 7.66. The van der Waals surface area contributed by atoms with Crippen molar-refractivity contribution in [1.82, 2.24) is 4.31 Å². The number of halogens is 1. The molecule has 4 nitrogen and oxygen atoms in total. The van der Waals surface area contributed by atoms with Gasteiger partial charge in [0.2, 0.25) is 10.0 Å². The molecule has 0 aliphatic rings. The fraction of sp³-hybridized carbons (Fsp3) is 0.286. The van der Waals surface area contributed by atoms with Crippen molar-refractivity contribution in [3.05, 3.63) is 51.5 Å². The maximum Gasteiger partial charge on any atom is 0.244 e. The Bertz CT molecular complexity index is 723. The van der Waals surface area contributed by atoms with Crippen molar-refractivity contribution < 1.29 is 17.9 Å². The van der Waals surface area contributed by atoms with Gasteiger partial charge in [0.1, 0.15) is 10.7 Å². The smallest absolute Gasteiger partial charge is 0.244 e. The number of thiophene rings is 1. The maximum absolute atomic E-state index is 12.9. The largest absolute Gasteiger partial charge is 0.391 e. The van der Waals surface area contributed by atoms with Crippen LogP contribution in [0.4, 0.5) is 4.39 Å². The molecule has 0 fully saturated rings. The molecule has 114 valence electrons. The Balaban J connectivity index is 2.30. The topological polar surface area (TPSA) is 57.6 Å². The van der Waals surface area contributed by atoms with Gasteiger partial charge in [0.25, 0.3) is 0 Å². The first-order valence-corrected chi connectivity index (χ1v) is 8.57. The Morgan fingerprint density at radius 1 is 1.29 bits per heavy atom. The van der Waals surface area contributed by atoms with Gasteiger partial charge < -0.3 is 5.11 Å². The number of aryl methyl sites for hydroxylation is 1. The first-order valence-electron chi connectivity index (χ1n) is 6.25. The number of hydrogen-bond acceptors (Lipinski definition) is 4. The molecule has 1 heterocycles. The fourth-order valence-electron chi connectivity index (χ4n) is 2.03. The number of rotatable bonds is 5. The van der Waals surface area contributed by atoms with Crippen LogP contribution in [0.5, 0.6) is 0 Å². The zero-order valence-corrected chi connectivity index (χ0v) is 13.3. The zero-order valence-electron chi connectivity index (χ0n) is 11.7. The molecule has 0 bridgehead atoms. The summed E-state index contributed by atoms with van der Waals surface area (Å²) in [7, 11) is -2.22. The highest BCUT2D eigenvalue weighted by atomic mass is 32.2. The standard InChI is InChI=1S/C14H16FNO3S2/c1-10-9-20-13(8-17)14(10)21(18,19)16(2)7-11-3-5-12(15)6-4-11/h3-6,9,17H,7-8H2,1-2H3. The van der Waals surface area contributed by atoms with Crippen molar-refractivity contribution in [3.63, 3.8) is 0 Å². The van der Waals surface area contributed by atoms with Crippen LogP contribution in [0.3, 0.4) is 0 Å². The van der Waals surface area contributed by atoms with Crippen molar-refractivity contribution >= 4 is 21.4 Å². The molecule has 1 aromatic carbocycles. The van der Waals surface area contributed by atoms with Crippen molar-refractivity contribution in [2.75, 3.05) is 7.05 Å². The molecule has 2 rings (SSSR count). The molecule has 21 heavy (non-hydrogen) atoms. The lowest BCUT2D eigenvalue weighted by molar-refractivity contribution is 0.282. The summed E-state index contributed by atoms with van der Waals surface area (Å²) in [6.07, 6.45) is 0. The number of benzene rings is 1. The third kappa shape index (κ3) is 3.32. The average molecular weight is 329 g/mol. The summed E-state index contributed by atoms with van der Waals surface area (Å²) < 4.78 is 39.3. The van der Waals surface area contributed by atoms with Gasteiger partial charge in [-0.1, -0.05) is 12.1 Å². The Kier molecular flexibility index (Phi) is 4.77. The van der Waals surface area contributed by atoms with Crippen LogP contribution >= 0.6 is 11.3 Å². The summed E-state index contributed by atoms with van der Waals surface area (Å²) in [5.74, 6) is -0.361. The quantitative estimate of drug-likeness (QED) is 0.917. The lowest BCUT2D eigenvalue weighted by Crippen LogP contribution is -2.27. The molecule has 0 amide bonds. The van der Waals surface area contributed by atoms with Crippen molar-refractivity contribution in [3.8, 4) is 0 Å². The van der Waals surface area contributed by atoms with E-state index in [1.807, 2.05) is 0 Å². The molecule has 0 atom stereocenters. The predicted octanol–water partition coefficient (Wildman–Crippen LogP) is 2.51. The number of sulfonamides is 1. The maximum atomic E-state index is 12.9. The van der Waals surface area contributed by atoms with E-state index in [-0.39, 0.29) is 23.9 Å². The number of aliphatic hydroxyl groups is 1. The van der Waals surface area contributed by atoms with Crippen LogP contribution in [0.2, 0.25) is 0 Å². The number of hydrogen-bond donors (Lipinski definition) is 1. The van der Waals surface area contributed by atoms with E-state index in [2.05, 4.69) is 0 Å². The summed E-state index contributed by atoms with van der Waals surface area (Å²) in [4.78, 5) is 0.595. The molecule has 0 radical (unpaired) electrons. The Morgan fingerprint density at radius 2 is 1.90 bits per heavy atom. The molecule has 1 aromatic heterocycles. The van der Waals surface area contributed by atoms with E-state index in [0.717, 1.165) is 0 Å². The SMILES string of the molecule is Cc1csc(CO)c1S(=O)(=O)N(C)Cc1ccc(F)cc1. The van der Waals surface area contributed by atoms with Gasteiger partial charge in [0.05, 0.1) is 11.5 Å². The first kappa shape index (κ1) is 16.1. The second-order valence-electron chi connectivity index (χ2n) is 4.72. The molecular weight excluding hydrogens is 313 g/mol. The first-order chi connectivity index (χ1) is 9.86. The minimum Gasteiger partial charge on any atom is -0.391 e. The molecule has 2 aromatic rings. The Hall–Kier alpha value is -1.28. The van der Waals surface area contributed by atoms with Crippen LogP contribution in [0, 0.1) is 12.7 Å². The summed E-state index contributed by atoms with van der Waals surface area (Å²) in [5.41, 5.74) is 1.32. The summed E-state index contributed by atoms with van der Waals surface area (Å²) in [6, 6.07) is 5.69. The van der Waals surface area contributed by atoms with Crippen molar-refractivity contribution in [2.45, 2.75) is 25.0 Å². The second kappa shape index (κ2) is 6.23. The van der Waals surface area contributed by atoms with Gasteiger partial charge in [-0.3, -0.25) is 0 Å². The minimum atomic E-state index is -3.69. The van der Waals surface area contributed by atoms with Gasteiger partial charge in [0.15, 0.2) is 0 Å². The Morgan fingerprint density at radius 3 is 2.48 bits per heavy atom. The van der Waals surface area contributed by atoms with Crippen LogP contribution in [0.15, 0.2) is 34.5 Å². The third-order valence-corrected chi connectivity index (χ3v) is 6.37. The van der Waals surface area contributed by atoms with Crippen molar-refractivity contribution in [1.29, 1.82) is 0 Å². The van der Waals surface area contributed by atoms with Crippen molar-refractivity contribution in [2.24, 2.45) is 0 Å². The minimum absolute atomic E-state index is 0.142. The van der Waals surface area contributed by atoms with Gasteiger partial charge in [-0.2, -0.15) is 4.31 Å². The van der Waals surface area contributed by atoms with E-state index >= 15 is 0 Å². The summed E-state index contributed by atoms with van der Waals surface area (Å²) in [6.45, 7) is 1.54. The van der Waals surface area contributed by atoms with E-state index < -0.39 is 10.0 Å². The highest BCUT2D eigenvalue weighted by Gasteiger charge is 2.27. The van der Waals surface area contributed by atoms with Gasteiger partial charge in [-0.05, 0) is 35.6 Å². The molecule has 1 N–H and O–H groups in total. The zero-order chi connectivity index (χ0) is 15.6. The van der Waals surface area contributed by atoms with E-state index in [0.29, 0.717) is 16.0 Å². The van der Waals surface area contributed by atoms with Crippen LogP contribution in [0.25, 0.3) is 0 Å². The predicted molar refractivity (Wildman–Crippen MR) is 80.0 cm³/mol. The molecule has 0 saturated carbocycles. The molecule has 0 saturated heterocycles.